The Bertz CT molecular complexity index is 969. The molecular formula is C22H26N2O4Y-2. The van der Waals surface area contributed by atoms with E-state index >= 15 is 0 Å². The molecule has 7 heteroatoms. The maximum Gasteiger partial charge on any atom is 0.261 e. The van der Waals surface area contributed by atoms with Gasteiger partial charge in [0.25, 0.3) is 11.8 Å². The molecule has 0 unspecified atom stereocenters. The predicted molar refractivity (Wildman–Crippen MR) is 111 cm³/mol. The smallest absolute Gasteiger partial charge is 0.261 e. The predicted octanol–water partition coefficient (Wildman–Crippen LogP) is 4.53. The van der Waals surface area contributed by atoms with Crippen LogP contribution in [0.2, 0.25) is 0 Å². The number of fused-ring (bicyclic) bond motifs is 2. The van der Waals surface area contributed by atoms with Crippen molar-refractivity contribution in [2.24, 2.45) is 0 Å². The van der Waals surface area contributed by atoms with Gasteiger partial charge in [0, 0.05) is 50.9 Å². The fourth-order valence-electron chi connectivity index (χ4n) is 3.03. The summed E-state index contributed by atoms with van der Waals surface area (Å²) in [6.45, 7) is 0. The first-order valence-corrected chi connectivity index (χ1v) is 7.34. The van der Waals surface area contributed by atoms with Crippen LogP contribution in [0.4, 0.5) is 0 Å². The second kappa shape index (κ2) is 10.6. The molecule has 0 atom stereocenters. The summed E-state index contributed by atoms with van der Waals surface area (Å²) < 4.78 is 0. The minimum atomic E-state index is -0.520. The molecule has 0 saturated carbocycles. The maximum atomic E-state index is 12.1. The van der Waals surface area contributed by atoms with Gasteiger partial charge >= 0.3 is 0 Å². The molecule has 0 saturated heterocycles. The fourth-order valence-corrected chi connectivity index (χ4v) is 3.03. The molecule has 0 aliphatic carbocycles. The SMILES string of the molecule is C.C.C.CN1C(=O)c2ccc(Cc3ccc4c(c3)C(=O)[N-]C4=O)cc2C1=O.[CH3-].[Y]. The Morgan fingerprint density at radius 1 is 0.724 bits per heavy atom. The minimum absolute atomic E-state index is 0. The van der Waals surface area contributed by atoms with Crippen molar-refractivity contribution in [3.8, 4) is 0 Å². The van der Waals surface area contributed by atoms with Crippen LogP contribution in [0, 0.1) is 7.43 Å². The number of rotatable bonds is 2. The standard InChI is InChI=1S/C18H12N2O4.3CH4.CH3.Y/c1-20-17(23)12-5-3-10(8-14(12)18(20)24)6-9-2-4-11-13(7-9)16(22)19-15(11)21;;;;;/h2-5,7-8H,6H2,1H3,(H,19,21,22);3*1H4;1H3;/q;;;;-1;/p-1. The van der Waals surface area contributed by atoms with Crippen molar-refractivity contribution >= 4 is 23.6 Å². The zero-order valence-corrected chi connectivity index (χ0v) is 17.1. The van der Waals surface area contributed by atoms with E-state index in [2.05, 4.69) is 5.32 Å². The number of carbonyl (C=O) groups is 4. The van der Waals surface area contributed by atoms with Crippen LogP contribution in [-0.2, 0) is 39.1 Å². The van der Waals surface area contributed by atoms with Gasteiger partial charge in [0.05, 0.1) is 22.9 Å². The molecule has 0 fully saturated rings. The molecule has 29 heavy (non-hydrogen) atoms. The third-order valence-corrected chi connectivity index (χ3v) is 4.31. The molecular weight excluding hydrogens is 445 g/mol. The number of carbonyl (C=O) groups excluding carboxylic acids is 4. The van der Waals surface area contributed by atoms with Gasteiger partial charge in [0.1, 0.15) is 0 Å². The molecule has 0 N–H and O–H groups in total. The van der Waals surface area contributed by atoms with E-state index in [1.165, 1.54) is 7.05 Å². The van der Waals surface area contributed by atoms with Gasteiger partial charge in [-0.2, -0.15) is 0 Å². The normalized spacial score (nSPS) is 12.9. The third kappa shape index (κ3) is 4.70. The molecule has 1 radical (unpaired) electrons. The van der Waals surface area contributed by atoms with E-state index in [-0.39, 0.29) is 74.2 Å². The Morgan fingerprint density at radius 3 is 1.76 bits per heavy atom. The van der Waals surface area contributed by atoms with Crippen molar-refractivity contribution < 1.29 is 51.9 Å². The Hall–Kier alpha value is -2.18. The van der Waals surface area contributed by atoms with E-state index in [1.807, 2.05) is 0 Å². The quantitative estimate of drug-likeness (QED) is 0.476. The molecule has 2 heterocycles. The third-order valence-electron chi connectivity index (χ3n) is 4.31. The molecule has 0 aromatic heterocycles. The number of amides is 4. The Morgan fingerprint density at radius 2 is 1.17 bits per heavy atom. The molecule has 6 nitrogen and oxygen atoms in total. The van der Waals surface area contributed by atoms with Crippen molar-refractivity contribution in [3.05, 3.63) is 82.5 Å². The molecule has 2 aliphatic rings. The van der Waals surface area contributed by atoms with Crippen molar-refractivity contribution in [2.45, 2.75) is 28.7 Å². The van der Waals surface area contributed by atoms with E-state index in [9.17, 15) is 19.2 Å². The summed E-state index contributed by atoms with van der Waals surface area (Å²) in [6.07, 6.45) is 0.479. The molecule has 4 amide bonds. The van der Waals surface area contributed by atoms with Crippen molar-refractivity contribution in [1.82, 2.24) is 4.90 Å². The van der Waals surface area contributed by atoms with Crippen molar-refractivity contribution in [1.29, 1.82) is 0 Å². The summed E-state index contributed by atoms with van der Waals surface area (Å²) in [6, 6.07) is 10.1. The average Bonchev–Trinajstić information content (AvgIpc) is 2.97. The van der Waals surface area contributed by atoms with E-state index in [0.717, 1.165) is 16.0 Å². The van der Waals surface area contributed by atoms with Gasteiger partial charge in [-0.3, -0.25) is 14.5 Å². The van der Waals surface area contributed by atoms with E-state index in [4.69, 9.17) is 0 Å². The van der Waals surface area contributed by atoms with Crippen molar-refractivity contribution in [2.75, 3.05) is 7.05 Å². The summed E-state index contributed by atoms with van der Waals surface area (Å²) in [7, 11) is 1.46. The second-order valence-corrected chi connectivity index (χ2v) is 5.83. The Kier molecular flexibility index (Phi) is 10.6. The minimum Gasteiger partial charge on any atom is -0.587 e. The molecule has 2 aromatic carbocycles. The average molecular weight is 471 g/mol. The topological polar surface area (TPSA) is 85.6 Å². The van der Waals surface area contributed by atoms with Gasteiger partial charge in [0.2, 0.25) is 0 Å². The molecule has 0 spiro atoms. The van der Waals surface area contributed by atoms with Gasteiger partial charge in [-0.05, 0) is 35.7 Å². The number of benzene rings is 2. The van der Waals surface area contributed by atoms with Gasteiger partial charge in [-0.1, -0.05) is 40.5 Å². The monoisotopic (exact) mass is 471 g/mol. The van der Waals surface area contributed by atoms with Gasteiger partial charge in [0.15, 0.2) is 0 Å². The largest absolute Gasteiger partial charge is 0.587 e. The van der Waals surface area contributed by atoms with Crippen LogP contribution < -0.4 is 0 Å². The van der Waals surface area contributed by atoms with Crippen LogP contribution >= 0.6 is 0 Å². The van der Waals surface area contributed by atoms with Crippen molar-refractivity contribution in [3.63, 3.8) is 0 Å². The first-order valence-electron chi connectivity index (χ1n) is 7.34. The number of hydrogen-bond acceptors (Lipinski definition) is 4. The van der Waals surface area contributed by atoms with Gasteiger partial charge < -0.3 is 22.3 Å². The fraction of sp³-hybridized carbons (Fsp3) is 0.227. The van der Waals surface area contributed by atoms with Crippen LogP contribution in [0.1, 0.15) is 74.8 Å². The zero-order chi connectivity index (χ0) is 17.0. The number of nitrogens with zero attached hydrogens (tertiary/aromatic N) is 2. The number of imide groups is 2. The summed E-state index contributed by atoms with van der Waals surface area (Å²) in [5.74, 6) is -1.64. The van der Waals surface area contributed by atoms with Crippen LogP contribution in [0.5, 0.6) is 0 Å². The Balaban J connectivity index is 0. The molecule has 153 valence electrons. The van der Waals surface area contributed by atoms with E-state index in [1.54, 1.807) is 36.4 Å². The van der Waals surface area contributed by atoms with E-state index in [0.29, 0.717) is 28.7 Å². The van der Waals surface area contributed by atoms with Gasteiger partial charge in [-0.25, -0.2) is 0 Å². The molecule has 2 aliphatic heterocycles. The first kappa shape index (κ1) is 29.0. The Labute approximate surface area is 197 Å². The summed E-state index contributed by atoms with van der Waals surface area (Å²) in [5, 5.41) is 3.41. The molecule has 4 rings (SSSR count). The molecule has 0 bridgehead atoms. The second-order valence-electron chi connectivity index (χ2n) is 5.83. The maximum absolute atomic E-state index is 12.1. The van der Waals surface area contributed by atoms with Crippen LogP contribution in [0.3, 0.4) is 0 Å². The molecule has 2 aromatic rings. The first-order chi connectivity index (χ1) is 11.5. The summed E-state index contributed by atoms with van der Waals surface area (Å²) in [4.78, 5) is 48.2. The number of hydrogen-bond donors (Lipinski definition) is 0. The van der Waals surface area contributed by atoms with E-state index < -0.39 is 11.8 Å². The van der Waals surface area contributed by atoms with Crippen LogP contribution in [0.25, 0.3) is 5.32 Å². The van der Waals surface area contributed by atoms with Crippen LogP contribution in [-0.4, -0.2) is 35.6 Å². The summed E-state index contributed by atoms with van der Waals surface area (Å²) in [5.41, 5.74) is 3.10. The summed E-state index contributed by atoms with van der Waals surface area (Å²) >= 11 is 0. The zero-order valence-electron chi connectivity index (χ0n) is 14.3. The van der Waals surface area contributed by atoms with Crippen LogP contribution in [0.15, 0.2) is 36.4 Å². The van der Waals surface area contributed by atoms with Gasteiger partial charge in [-0.15, -0.1) is 0 Å².